The molecule has 0 aromatic heterocycles. The van der Waals surface area contributed by atoms with Crippen LogP contribution < -0.4 is 10.6 Å². The molecule has 0 unspecified atom stereocenters. The second kappa shape index (κ2) is 7.14. The van der Waals surface area contributed by atoms with Crippen molar-refractivity contribution in [3.05, 3.63) is 35.4 Å². The third-order valence-corrected chi connectivity index (χ3v) is 6.52. The number of aryl methyl sites for hydroxylation is 1. The minimum absolute atomic E-state index is 0.0361. The number of rotatable bonds is 5. The molecular formula is C18H26N2O2S. The Balaban J connectivity index is 1.46. The van der Waals surface area contributed by atoms with Gasteiger partial charge < -0.3 is 15.4 Å². The van der Waals surface area contributed by atoms with E-state index in [1.807, 2.05) is 11.8 Å². The van der Waals surface area contributed by atoms with E-state index in [0.29, 0.717) is 12.5 Å². The molecule has 1 aromatic carbocycles. The second-order valence-corrected chi connectivity index (χ2v) is 7.91. The molecule has 1 saturated heterocycles. The van der Waals surface area contributed by atoms with Crippen LogP contribution >= 0.6 is 11.8 Å². The standard InChI is InChI=1S/C18H26N2O2S/c1-13-5-3-4-6-14(13)15-11-16(15)20-17(21)19-12-18(23-2)7-9-22-10-8-18/h3-6,15-16H,7-12H2,1-2H3,(H2,19,20,21)/t15-,16+/m0/s1. The van der Waals surface area contributed by atoms with Crippen molar-refractivity contribution in [3.8, 4) is 0 Å². The maximum absolute atomic E-state index is 12.2. The van der Waals surface area contributed by atoms with Gasteiger partial charge in [-0.15, -0.1) is 0 Å². The van der Waals surface area contributed by atoms with Gasteiger partial charge in [-0.3, -0.25) is 0 Å². The van der Waals surface area contributed by atoms with Crippen LogP contribution in [0.15, 0.2) is 24.3 Å². The fraction of sp³-hybridized carbons (Fsp3) is 0.611. The van der Waals surface area contributed by atoms with Crippen LogP contribution in [0, 0.1) is 6.92 Å². The Kier molecular flexibility index (Phi) is 5.17. The molecule has 1 aliphatic heterocycles. The van der Waals surface area contributed by atoms with Crippen LogP contribution in [0.5, 0.6) is 0 Å². The van der Waals surface area contributed by atoms with Gasteiger partial charge in [-0.1, -0.05) is 24.3 Å². The smallest absolute Gasteiger partial charge is 0.315 e. The zero-order valence-corrected chi connectivity index (χ0v) is 14.7. The fourth-order valence-corrected chi connectivity index (χ4v) is 4.15. The summed E-state index contributed by atoms with van der Waals surface area (Å²) in [6.45, 7) is 4.44. The maximum Gasteiger partial charge on any atom is 0.315 e. The fourth-order valence-electron chi connectivity index (χ4n) is 3.36. The van der Waals surface area contributed by atoms with Crippen LogP contribution in [-0.4, -0.2) is 42.8 Å². The van der Waals surface area contributed by atoms with Gasteiger partial charge in [0.05, 0.1) is 0 Å². The summed E-state index contributed by atoms with van der Waals surface area (Å²) in [5.41, 5.74) is 2.67. The van der Waals surface area contributed by atoms with E-state index in [1.54, 1.807) is 0 Å². The number of benzene rings is 1. The van der Waals surface area contributed by atoms with Gasteiger partial charge in [0, 0.05) is 36.5 Å². The summed E-state index contributed by atoms with van der Waals surface area (Å²) in [5, 5.41) is 6.20. The molecule has 126 valence electrons. The number of carbonyl (C=O) groups is 1. The van der Waals surface area contributed by atoms with E-state index in [4.69, 9.17) is 4.74 Å². The van der Waals surface area contributed by atoms with Gasteiger partial charge in [0.2, 0.25) is 0 Å². The van der Waals surface area contributed by atoms with Crippen molar-refractivity contribution in [2.45, 2.75) is 42.9 Å². The number of amides is 2. The molecule has 23 heavy (non-hydrogen) atoms. The van der Waals surface area contributed by atoms with Crippen molar-refractivity contribution in [3.63, 3.8) is 0 Å². The predicted molar refractivity (Wildman–Crippen MR) is 95.2 cm³/mol. The first-order valence-corrected chi connectivity index (χ1v) is 9.59. The van der Waals surface area contributed by atoms with Gasteiger partial charge in [0.1, 0.15) is 0 Å². The van der Waals surface area contributed by atoms with Crippen LogP contribution in [-0.2, 0) is 4.74 Å². The number of nitrogens with one attached hydrogen (secondary N) is 2. The Labute approximate surface area is 142 Å². The Hall–Kier alpha value is -1.20. The summed E-state index contributed by atoms with van der Waals surface area (Å²) >= 11 is 1.85. The Bertz CT molecular complexity index is 558. The van der Waals surface area contributed by atoms with E-state index in [2.05, 4.69) is 48.1 Å². The lowest BCUT2D eigenvalue weighted by molar-refractivity contribution is 0.0777. The summed E-state index contributed by atoms with van der Waals surface area (Å²) in [5.74, 6) is 0.472. The van der Waals surface area contributed by atoms with E-state index in [-0.39, 0.29) is 16.8 Å². The van der Waals surface area contributed by atoms with Gasteiger partial charge in [-0.25, -0.2) is 4.79 Å². The highest BCUT2D eigenvalue weighted by Crippen LogP contribution is 2.42. The molecule has 3 rings (SSSR count). The molecule has 2 fully saturated rings. The van der Waals surface area contributed by atoms with Crippen LogP contribution in [0.3, 0.4) is 0 Å². The maximum atomic E-state index is 12.2. The van der Waals surface area contributed by atoms with E-state index >= 15 is 0 Å². The molecule has 0 radical (unpaired) electrons. The van der Waals surface area contributed by atoms with Crippen LogP contribution in [0.25, 0.3) is 0 Å². The van der Waals surface area contributed by atoms with Crippen molar-refractivity contribution in [1.82, 2.24) is 10.6 Å². The van der Waals surface area contributed by atoms with E-state index < -0.39 is 0 Å². The number of thioether (sulfide) groups is 1. The topological polar surface area (TPSA) is 50.4 Å². The Morgan fingerprint density at radius 1 is 1.35 bits per heavy atom. The summed E-state index contributed by atoms with van der Waals surface area (Å²) in [6, 6.07) is 8.68. The quantitative estimate of drug-likeness (QED) is 0.870. The molecule has 1 aliphatic carbocycles. The van der Waals surface area contributed by atoms with Crippen molar-refractivity contribution < 1.29 is 9.53 Å². The molecule has 0 bridgehead atoms. The van der Waals surface area contributed by atoms with Crippen LogP contribution in [0.1, 0.15) is 36.3 Å². The van der Waals surface area contributed by atoms with Crippen molar-refractivity contribution in [1.29, 1.82) is 0 Å². The zero-order valence-electron chi connectivity index (χ0n) is 13.9. The highest BCUT2D eigenvalue weighted by molar-refractivity contribution is 8.00. The number of hydrogen-bond donors (Lipinski definition) is 2. The zero-order chi connectivity index (χ0) is 16.3. The van der Waals surface area contributed by atoms with Gasteiger partial charge >= 0.3 is 6.03 Å². The van der Waals surface area contributed by atoms with Gasteiger partial charge in [-0.2, -0.15) is 11.8 Å². The van der Waals surface area contributed by atoms with Crippen LogP contribution in [0.2, 0.25) is 0 Å². The normalized spacial score (nSPS) is 25.7. The molecule has 1 saturated carbocycles. The number of urea groups is 1. The largest absolute Gasteiger partial charge is 0.381 e. The lowest BCUT2D eigenvalue weighted by atomic mass is 9.99. The summed E-state index contributed by atoms with van der Waals surface area (Å²) in [6.07, 6.45) is 5.17. The molecule has 2 aliphatic rings. The molecule has 2 atom stereocenters. The molecule has 1 heterocycles. The third-order valence-electron chi connectivity index (χ3n) is 5.10. The van der Waals surface area contributed by atoms with E-state index in [1.165, 1.54) is 11.1 Å². The number of hydrogen-bond acceptors (Lipinski definition) is 3. The highest BCUT2D eigenvalue weighted by atomic mass is 32.2. The molecule has 2 N–H and O–H groups in total. The third kappa shape index (κ3) is 4.01. The molecule has 5 heteroatoms. The van der Waals surface area contributed by atoms with Crippen LogP contribution in [0.4, 0.5) is 4.79 Å². The molecule has 4 nitrogen and oxygen atoms in total. The summed E-state index contributed by atoms with van der Waals surface area (Å²) in [7, 11) is 0. The van der Waals surface area contributed by atoms with E-state index in [9.17, 15) is 4.79 Å². The van der Waals surface area contributed by atoms with Crippen molar-refractivity contribution in [2.75, 3.05) is 26.0 Å². The highest BCUT2D eigenvalue weighted by Gasteiger charge is 2.40. The average molecular weight is 334 g/mol. The second-order valence-electron chi connectivity index (χ2n) is 6.63. The molecule has 2 amide bonds. The van der Waals surface area contributed by atoms with E-state index in [0.717, 1.165) is 32.5 Å². The molecule has 0 spiro atoms. The first-order valence-electron chi connectivity index (χ1n) is 8.36. The lowest BCUT2D eigenvalue weighted by Gasteiger charge is -2.35. The SMILES string of the molecule is CSC1(CNC(=O)N[C@@H]2C[C@H]2c2ccccc2C)CCOCC1. The number of carbonyl (C=O) groups excluding carboxylic acids is 1. The lowest BCUT2D eigenvalue weighted by Crippen LogP contribution is -2.47. The predicted octanol–water partition coefficient (Wildman–Crippen LogP) is 3.06. The van der Waals surface area contributed by atoms with Crippen molar-refractivity contribution >= 4 is 17.8 Å². The molecule has 1 aromatic rings. The van der Waals surface area contributed by atoms with Gasteiger partial charge in [-0.05, 0) is 43.6 Å². The molecular weight excluding hydrogens is 308 g/mol. The average Bonchev–Trinajstić information content (AvgIpc) is 3.33. The monoisotopic (exact) mass is 334 g/mol. The van der Waals surface area contributed by atoms with Gasteiger partial charge in [0.25, 0.3) is 0 Å². The summed E-state index contributed by atoms with van der Waals surface area (Å²) in [4.78, 5) is 12.2. The Morgan fingerprint density at radius 2 is 2.09 bits per heavy atom. The minimum Gasteiger partial charge on any atom is -0.381 e. The number of ether oxygens (including phenoxy) is 1. The first-order chi connectivity index (χ1) is 11.1. The first kappa shape index (κ1) is 16.7. The Morgan fingerprint density at radius 3 is 2.78 bits per heavy atom. The van der Waals surface area contributed by atoms with Crippen molar-refractivity contribution in [2.24, 2.45) is 0 Å². The van der Waals surface area contributed by atoms with Gasteiger partial charge in [0.15, 0.2) is 0 Å². The summed E-state index contributed by atoms with van der Waals surface area (Å²) < 4.78 is 5.57. The minimum atomic E-state index is -0.0361.